The maximum Gasteiger partial charge on any atom is 0.119 e. The molecule has 1 saturated carbocycles. The number of rotatable bonds is 5. The zero-order chi connectivity index (χ0) is 14.5. The monoisotopic (exact) mass is 275 g/mol. The van der Waals surface area contributed by atoms with Crippen LogP contribution in [0.15, 0.2) is 18.2 Å². The van der Waals surface area contributed by atoms with Crippen LogP contribution in [-0.2, 0) is 0 Å². The minimum atomic E-state index is 0.494. The van der Waals surface area contributed by atoms with Gasteiger partial charge in [-0.05, 0) is 61.4 Å². The molecule has 1 aliphatic carbocycles. The van der Waals surface area contributed by atoms with Crippen molar-refractivity contribution in [3.63, 3.8) is 0 Å². The number of benzene rings is 1. The fraction of sp³-hybridized carbons (Fsp3) is 0.667. The smallest absolute Gasteiger partial charge is 0.119 e. The van der Waals surface area contributed by atoms with Gasteiger partial charge in [0, 0.05) is 6.04 Å². The van der Waals surface area contributed by atoms with Gasteiger partial charge in [0.05, 0.1) is 7.11 Å². The van der Waals surface area contributed by atoms with E-state index in [2.05, 4.69) is 44.3 Å². The molecular formula is C18H29NO. The lowest BCUT2D eigenvalue weighted by Crippen LogP contribution is -2.31. The summed E-state index contributed by atoms with van der Waals surface area (Å²) in [7, 11) is 1.74. The first-order valence-corrected chi connectivity index (χ1v) is 8.03. The maximum absolute atomic E-state index is 5.33. The van der Waals surface area contributed by atoms with Gasteiger partial charge in [0.25, 0.3) is 0 Å². The normalized spacial score (nSPS) is 24.4. The highest BCUT2D eigenvalue weighted by Gasteiger charge is 2.28. The largest absolute Gasteiger partial charge is 0.497 e. The first-order chi connectivity index (χ1) is 9.65. The van der Waals surface area contributed by atoms with E-state index in [0.29, 0.717) is 6.04 Å². The van der Waals surface area contributed by atoms with E-state index in [9.17, 15) is 0 Å². The fourth-order valence-corrected chi connectivity index (χ4v) is 3.66. The van der Waals surface area contributed by atoms with E-state index in [1.165, 1.54) is 36.8 Å². The van der Waals surface area contributed by atoms with Crippen LogP contribution in [0.1, 0.15) is 56.7 Å². The van der Waals surface area contributed by atoms with Crippen LogP contribution < -0.4 is 10.1 Å². The van der Waals surface area contributed by atoms with Crippen molar-refractivity contribution in [1.82, 2.24) is 5.32 Å². The Morgan fingerprint density at radius 2 is 2.15 bits per heavy atom. The van der Waals surface area contributed by atoms with Crippen LogP contribution in [0, 0.1) is 18.8 Å². The van der Waals surface area contributed by atoms with E-state index in [1.54, 1.807) is 7.11 Å². The van der Waals surface area contributed by atoms with Crippen LogP contribution >= 0.6 is 0 Å². The summed E-state index contributed by atoms with van der Waals surface area (Å²) in [6.45, 7) is 7.84. The van der Waals surface area contributed by atoms with Gasteiger partial charge < -0.3 is 10.1 Å². The Morgan fingerprint density at radius 1 is 1.35 bits per heavy atom. The lowest BCUT2D eigenvalue weighted by Gasteiger charge is -2.35. The summed E-state index contributed by atoms with van der Waals surface area (Å²) in [4.78, 5) is 0. The summed E-state index contributed by atoms with van der Waals surface area (Å²) in [5, 5.41) is 3.73. The first kappa shape index (κ1) is 15.4. The number of ether oxygens (including phenoxy) is 1. The van der Waals surface area contributed by atoms with Gasteiger partial charge in [-0.1, -0.05) is 32.8 Å². The molecule has 0 saturated heterocycles. The minimum Gasteiger partial charge on any atom is -0.497 e. The van der Waals surface area contributed by atoms with Gasteiger partial charge in [-0.25, -0.2) is 0 Å². The summed E-state index contributed by atoms with van der Waals surface area (Å²) in [6.07, 6.45) is 5.48. The highest BCUT2D eigenvalue weighted by atomic mass is 16.5. The molecule has 0 aliphatic heterocycles. The van der Waals surface area contributed by atoms with Gasteiger partial charge >= 0.3 is 0 Å². The summed E-state index contributed by atoms with van der Waals surface area (Å²) in [5.41, 5.74) is 2.79. The maximum atomic E-state index is 5.33. The second-order valence-corrected chi connectivity index (χ2v) is 6.29. The molecule has 1 aromatic carbocycles. The molecule has 1 N–H and O–H groups in total. The van der Waals surface area contributed by atoms with E-state index < -0.39 is 0 Å². The molecule has 3 unspecified atom stereocenters. The average molecular weight is 275 g/mol. The molecule has 0 heterocycles. The Labute approximate surface area is 123 Å². The summed E-state index contributed by atoms with van der Waals surface area (Å²) >= 11 is 0. The predicted octanol–water partition coefficient (Wildman–Crippen LogP) is 4.48. The molecule has 0 radical (unpaired) electrons. The molecule has 0 spiro atoms. The number of hydrogen-bond acceptors (Lipinski definition) is 2. The molecule has 3 atom stereocenters. The van der Waals surface area contributed by atoms with Crippen molar-refractivity contribution in [1.29, 1.82) is 0 Å². The summed E-state index contributed by atoms with van der Waals surface area (Å²) < 4.78 is 5.33. The van der Waals surface area contributed by atoms with Crippen molar-refractivity contribution >= 4 is 0 Å². The molecule has 1 fully saturated rings. The van der Waals surface area contributed by atoms with E-state index in [-0.39, 0.29) is 0 Å². The van der Waals surface area contributed by atoms with E-state index >= 15 is 0 Å². The predicted molar refractivity (Wildman–Crippen MR) is 85.3 cm³/mol. The Bertz CT molecular complexity index is 429. The average Bonchev–Trinajstić information content (AvgIpc) is 2.45. The molecule has 2 nitrogen and oxygen atoms in total. The number of aryl methyl sites for hydroxylation is 1. The SMILES string of the molecule is CCNC(c1ccc(OC)cc1C)C1CCCC(C)C1. The topological polar surface area (TPSA) is 21.3 Å². The first-order valence-electron chi connectivity index (χ1n) is 8.03. The molecule has 1 aromatic rings. The molecule has 0 aromatic heterocycles. The van der Waals surface area contributed by atoms with Crippen molar-refractivity contribution in [3.8, 4) is 5.75 Å². The van der Waals surface area contributed by atoms with Crippen molar-refractivity contribution in [2.24, 2.45) is 11.8 Å². The van der Waals surface area contributed by atoms with E-state index in [0.717, 1.165) is 24.1 Å². The molecule has 1 aliphatic rings. The Balaban J connectivity index is 2.23. The van der Waals surface area contributed by atoms with Crippen molar-refractivity contribution in [2.75, 3.05) is 13.7 Å². The van der Waals surface area contributed by atoms with Gasteiger partial charge in [-0.15, -0.1) is 0 Å². The highest BCUT2D eigenvalue weighted by Crippen LogP contribution is 2.38. The van der Waals surface area contributed by atoms with Gasteiger partial charge in [-0.3, -0.25) is 0 Å². The molecule has 2 heteroatoms. The quantitative estimate of drug-likeness (QED) is 0.855. The standard InChI is InChI=1S/C18H29NO/c1-5-19-18(15-8-6-7-13(2)11-15)17-10-9-16(20-4)12-14(17)3/h9-10,12-13,15,18-19H,5-8,11H2,1-4H3. The Hall–Kier alpha value is -1.02. The third-order valence-electron chi connectivity index (χ3n) is 4.68. The van der Waals surface area contributed by atoms with Crippen LogP contribution in [-0.4, -0.2) is 13.7 Å². The summed E-state index contributed by atoms with van der Waals surface area (Å²) in [5.74, 6) is 2.60. The van der Waals surface area contributed by atoms with Crippen molar-refractivity contribution in [2.45, 2.75) is 52.5 Å². The Kier molecular flexibility index (Phi) is 5.47. The van der Waals surface area contributed by atoms with E-state index in [4.69, 9.17) is 4.74 Å². The molecule has 20 heavy (non-hydrogen) atoms. The van der Waals surface area contributed by atoms with Crippen LogP contribution in [0.3, 0.4) is 0 Å². The zero-order valence-electron chi connectivity index (χ0n) is 13.4. The molecule has 112 valence electrons. The fourth-order valence-electron chi connectivity index (χ4n) is 3.66. The zero-order valence-corrected chi connectivity index (χ0v) is 13.4. The number of hydrogen-bond donors (Lipinski definition) is 1. The summed E-state index contributed by atoms with van der Waals surface area (Å²) in [6, 6.07) is 7.00. The van der Waals surface area contributed by atoms with E-state index in [1.807, 2.05) is 0 Å². The minimum absolute atomic E-state index is 0.494. The van der Waals surface area contributed by atoms with Crippen molar-refractivity contribution < 1.29 is 4.74 Å². The lowest BCUT2D eigenvalue weighted by atomic mass is 9.76. The molecule has 0 bridgehead atoms. The Morgan fingerprint density at radius 3 is 2.75 bits per heavy atom. The third-order valence-corrected chi connectivity index (χ3v) is 4.68. The van der Waals surface area contributed by atoms with Gasteiger partial charge in [0.2, 0.25) is 0 Å². The molecule has 0 amide bonds. The van der Waals surface area contributed by atoms with Crippen LogP contribution in [0.25, 0.3) is 0 Å². The molecular weight excluding hydrogens is 246 g/mol. The lowest BCUT2D eigenvalue weighted by molar-refractivity contribution is 0.225. The van der Waals surface area contributed by atoms with Gasteiger partial charge in [0.15, 0.2) is 0 Å². The second kappa shape index (κ2) is 7.12. The van der Waals surface area contributed by atoms with Crippen LogP contribution in [0.5, 0.6) is 5.75 Å². The number of nitrogens with one attached hydrogen (secondary N) is 1. The van der Waals surface area contributed by atoms with Gasteiger partial charge in [-0.2, -0.15) is 0 Å². The van der Waals surface area contributed by atoms with Gasteiger partial charge in [0.1, 0.15) is 5.75 Å². The number of methoxy groups -OCH3 is 1. The third kappa shape index (κ3) is 3.54. The van der Waals surface area contributed by atoms with Crippen LogP contribution in [0.2, 0.25) is 0 Å². The van der Waals surface area contributed by atoms with Crippen molar-refractivity contribution in [3.05, 3.63) is 29.3 Å². The van der Waals surface area contributed by atoms with Crippen LogP contribution in [0.4, 0.5) is 0 Å². The second-order valence-electron chi connectivity index (χ2n) is 6.29. The highest BCUT2D eigenvalue weighted by molar-refractivity contribution is 5.37. The molecule has 2 rings (SSSR count).